The average molecular weight is 383 g/mol. The Morgan fingerprint density at radius 3 is 3.00 bits per heavy atom. The van der Waals surface area contributed by atoms with Crippen LogP contribution in [0.15, 0.2) is 47.9 Å². The number of hydrogen-bond acceptors (Lipinski definition) is 8. The Balaban J connectivity index is 1.44. The zero-order valence-corrected chi connectivity index (χ0v) is 15.3. The fourth-order valence-corrected chi connectivity index (χ4v) is 3.67. The van der Waals surface area contributed by atoms with Crippen molar-refractivity contribution in [3.05, 3.63) is 42.7 Å². The number of pyridine rings is 1. The molecule has 10 heteroatoms. The Kier molecular flexibility index (Phi) is 4.59. The summed E-state index contributed by atoms with van der Waals surface area (Å²) >= 11 is 2.44. The van der Waals surface area contributed by atoms with Crippen molar-refractivity contribution in [2.45, 2.75) is 5.16 Å². The van der Waals surface area contributed by atoms with Gasteiger partial charge in [0.15, 0.2) is 11.0 Å². The van der Waals surface area contributed by atoms with Crippen LogP contribution in [0.25, 0.3) is 22.4 Å². The fourth-order valence-electron chi connectivity index (χ4n) is 2.41. The number of carbonyl (C=O) groups excluding carboxylic acids is 1. The molecule has 1 amide bonds. The molecular weight excluding hydrogens is 370 g/mol. The number of aromatic nitrogens is 6. The van der Waals surface area contributed by atoms with Crippen molar-refractivity contribution >= 4 is 46.1 Å². The number of nitrogens with zero attached hydrogens (tertiary/aromatic N) is 6. The second-order valence-corrected chi connectivity index (χ2v) is 6.85. The van der Waals surface area contributed by atoms with Gasteiger partial charge in [-0.2, -0.15) is 8.75 Å². The van der Waals surface area contributed by atoms with E-state index in [1.54, 1.807) is 12.4 Å². The summed E-state index contributed by atoms with van der Waals surface area (Å²) in [5.41, 5.74) is 3.01. The van der Waals surface area contributed by atoms with Crippen LogP contribution in [0.5, 0.6) is 0 Å². The summed E-state index contributed by atoms with van der Waals surface area (Å²) in [5, 5.41) is 11.9. The van der Waals surface area contributed by atoms with Crippen molar-refractivity contribution in [2.75, 3.05) is 11.1 Å². The zero-order chi connectivity index (χ0) is 17.9. The van der Waals surface area contributed by atoms with Crippen LogP contribution in [-0.4, -0.2) is 40.2 Å². The topological polar surface area (TPSA) is 98.5 Å². The summed E-state index contributed by atoms with van der Waals surface area (Å²) in [4.78, 5) is 16.4. The summed E-state index contributed by atoms with van der Waals surface area (Å²) < 4.78 is 10.2. The number of amides is 1. The summed E-state index contributed by atoms with van der Waals surface area (Å²) in [6.07, 6.45) is 3.44. The molecule has 0 spiro atoms. The molecule has 4 aromatic rings. The van der Waals surface area contributed by atoms with Gasteiger partial charge in [0, 0.05) is 25.0 Å². The van der Waals surface area contributed by atoms with Crippen LogP contribution in [0.4, 0.5) is 5.69 Å². The minimum atomic E-state index is -0.138. The zero-order valence-electron chi connectivity index (χ0n) is 13.7. The van der Waals surface area contributed by atoms with Crippen molar-refractivity contribution in [3.63, 3.8) is 0 Å². The number of thioether (sulfide) groups is 1. The molecule has 0 aliphatic carbocycles. The first kappa shape index (κ1) is 16.6. The summed E-state index contributed by atoms with van der Waals surface area (Å²) in [6, 6.07) is 9.28. The Morgan fingerprint density at radius 2 is 2.15 bits per heavy atom. The van der Waals surface area contributed by atoms with Gasteiger partial charge in [-0.3, -0.25) is 9.78 Å². The summed E-state index contributed by atoms with van der Waals surface area (Å²) in [5.74, 6) is 0.785. The monoisotopic (exact) mass is 383 g/mol. The van der Waals surface area contributed by atoms with Crippen LogP contribution >= 0.6 is 23.5 Å². The first-order valence-electron chi connectivity index (χ1n) is 7.66. The first-order valence-corrected chi connectivity index (χ1v) is 9.37. The molecule has 0 aliphatic heterocycles. The van der Waals surface area contributed by atoms with Crippen molar-refractivity contribution in [3.8, 4) is 11.4 Å². The number of benzene rings is 1. The van der Waals surface area contributed by atoms with E-state index in [0.29, 0.717) is 22.2 Å². The van der Waals surface area contributed by atoms with Crippen LogP contribution in [0.2, 0.25) is 0 Å². The fraction of sp³-hybridized carbons (Fsp3) is 0.125. The number of fused-ring (bicyclic) bond motifs is 1. The van der Waals surface area contributed by atoms with Crippen molar-refractivity contribution < 1.29 is 4.79 Å². The Morgan fingerprint density at radius 1 is 1.23 bits per heavy atom. The highest BCUT2D eigenvalue weighted by atomic mass is 32.2. The number of anilines is 1. The molecule has 0 saturated carbocycles. The average Bonchev–Trinajstić information content (AvgIpc) is 3.28. The van der Waals surface area contributed by atoms with Gasteiger partial charge in [-0.25, -0.2) is 0 Å². The van der Waals surface area contributed by atoms with Gasteiger partial charge in [0.2, 0.25) is 5.91 Å². The largest absolute Gasteiger partial charge is 0.323 e. The van der Waals surface area contributed by atoms with Crippen LogP contribution in [0.1, 0.15) is 0 Å². The molecule has 0 atom stereocenters. The highest BCUT2D eigenvalue weighted by Crippen LogP contribution is 2.24. The van der Waals surface area contributed by atoms with Gasteiger partial charge < -0.3 is 9.88 Å². The normalized spacial score (nSPS) is 11.0. The molecule has 0 bridgehead atoms. The molecular formula is C16H13N7OS2. The van der Waals surface area contributed by atoms with E-state index >= 15 is 0 Å². The van der Waals surface area contributed by atoms with Crippen molar-refractivity contribution in [2.24, 2.45) is 7.05 Å². The molecule has 0 radical (unpaired) electrons. The third kappa shape index (κ3) is 3.28. The molecule has 26 heavy (non-hydrogen) atoms. The van der Waals surface area contributed by atoms with Crippen LogP contribution < -0.4 is 5.32 Å². The molecule has 3 aromatic heterocycles. The Hall–Kier alpha value is -2.85. The third-order valence-electron chi connectivity index (χ3n) is 3.65. The number of hydrogen-bond donors (Lipinski definition) is 1. The molecule has 0 unspecified atom stereocenters. The number of carbonyl (C=O) groups is 1. The Labute approximate surface area is 157 Å². The van der Waals surface area contributed by atoms with Gasteiger partial charge >= 0.3 is 0 Å². The minimum absolute atomic E-state index is 0.138. The molecule has 1 aromatic carbocycles. The molecule has 1 N–H and O–H groups in total. The van der Waals surface area contributed by atoms with Gasteiger partial charge in [0.1, 0.15) is 11.0 Å². The summed E-state index contributed by atoms with van der Waals surface area (Å²) in [6.45, 7) is 0. The number of rotatable bonds is 5. The van der Waals surface area contributed by atoms with Gasteiger partial charge in [-0.05, 0) is 24.3 Å². The maximum atomic E-state index is 12.3. The van der Waals surface area contributed by atoms with Gasteiger partial charge in [0.05, 0.1) is 23.2 Å². The van der Waals surface area contributed by atoms with Gasteiger partial charge in [-0.15, -0.1) is 10.2 Å². The highest BCUT2D eigenvalue weighted by molar-refractivity contribution is 7.99. The van der Waals surface area contributed by atoms with E-state index in [1.807, 2.05) is 41.9 Å². The van der Waals surface area contributed by atoms with E-state index in [2.05, 4.69) is 29.2 Å². The molecule has 130 valence electrons. The van der Waals surface area contributed by atoms with E-state index in [-0.39, 0.29) is 11.7 Å². The molecule has 0 saturated heterocycles. The molecule has 0 aliphatic rings. The van der Waals surface area contributed by atoms with Gasteiger partial charge in [-0.1, -0.05) is 17.8 Å². The maximum Gasteiger partial charge on any atom is 0.234 e. The SMILES string of the molecule is Cn1c(SCC(=O)Nc2cccc3nsnc23)nnc1-c1cccnc1. The van der Waals surface area contributed by atoms with E-state index in [0.717, 1.165) is 22.8 Å². The lowest BCUT2D eigenvalue weighted by atomic mass is 10.2. The highest BCUT2D eigenvalue weighted by Gasteiger charge is 2.14. The lowest BCUT2D eigenvalue weighted by Crippen LogP contribution is -2.14. The van der Waals surface area contributed by atoms with Crippen LogP contribution in [0, 0.1) is 0 Å². The van der Waals surface area contributed by atoms with E-state index < -0.39 is 0 Å². The number of nitrogens with one attached hydrogen (secondary N) is 1. The smallest absolute Gasteiger partial charge is 0.234 e. The predicted molar refractivity (Wildman–Crippen MR) is 101 cm³/mol. The first-order chi connectivity index (χ1) is 12.7. The summed E-state index contributed by atoms with van der Waals surface area (Å²) in [7, 11) is 1.87. The van der Waals surface area contributed by atoms with E-state index in [4.69, 9.17) is 0 Å². The molecule has 3 heterocycles. The standard InChI is InChI=1S/C16H13N7OS2/c1-23-15(10-4-3-7-17-8-10)19-20-16(23)25-9-13(24)18-11-5-2-6-12-14(11)22-26-21-12/h2-8H,9H2,1H3,(H,18,24). The lowest BCUT2D eigenvalue weighted by molar-refractivity contribution is -0.113. The Bertz CT molecular complexity index is 1060. The van der Waals surface area contributed by atoms with Crippen LogP contribution in [0.3, 0.4) is 0 Å². The molecule has 0 fully saturated rings. The molecule has 8 nitrogen and oxygen atoms in total. The van der Waals surface area contributed by atoms with E-state index in [1.165, 1.54) is 11.8 Å². The minimum Gasteiger partial charge on any atom is -0.323 e. The second kappa shape index (κ2) is 7.18. The van der Waals surface area contributed by atoms with Crippen molar-refractivity contribution in [1.82, 2.24) is 28.5 Å². The second-order valence-electron chi connectivity index (χ2n) is 5.38. The maximum absolute atomic E-state index is 12.3. The van der Waals surface area contributed by atoms with E-state index in [9.17, 15) is 4.79 Å². The quantitative estimate of drug-likeness (QED) is 0.529. The van der Waals surface area contributed by atoms with Crippen molar-refractivity contribution in [1.29, 1.82) is 0 Å². The lowest BCUT2D eigenvalue weighted by Gasteiger charge is -2.06. The predicted octanol–water partition coefficient (Wildman–Crippen LogP) is 2.61. The molecule has 4 rings (SSSR count). The van der Waals surface area contributed by atoms with Crippen LogP contribution in [-0.2, 0) is 11.8 Å². The third-order valence-corrected chi connectivity index (χ3v) is 5.21. The van der Waals surface area contributed by atoms with Gasteiger partial charge in [0.25, 0.3) is 0 Å².